The van der Waals surface area contributed by atoms with E-state index in [-0.39, 0.29) is 0 Å². The standard InChI is InChI=1S/C14H31N.C4H7NO/c1-2-3-4-5-6-7-8-9-10-11-12-13-14-15;1-4-5-2-3-6-4/h2-15H2,1H3;2-3H2,1H3. The maximum atomic E-state index is 5.45. The molecule has 2 N–H and O–H groups in total. The Kier molecular flexibility index (Phi) is 17.0. The molecule has 0 atom stereocenters. The molecule has 0 aliphatic carbocycles. The Morgan fingerprint density at radius 3 is 1.62 bits per heavy atom. The van der Waals surface area contributed by atoms with Gasteiger partial charge >= 0.3 is 0 Å². The van der Waals surface area contributed by atoms with Crippen LogP contribution in [0.1, 0.15) is 90.9 Å². The largest absolute Gasteiger partial charge is 0.479 e. The average Bonchev–Trinajstić information content (AvgIpc) is 2.97. The fourth-order valence-corrected chi connectivity index (χ4v) is 2.43. The zero-order valence-electron chi connectivity index (χ0n) is 14.5. The normalized spacial score (nSPS) is 13.4. The molecule has 1 heterocycles. The molecule has 0 radical (unpaired) electrons. The van der Waals surface area contributed by atoms with Gasteiger partial charge in [-0.1, -0.05) is 77.6 Å². The van der Waals surface area contributed by atoms with E-state index >= 15 is 0 Å². The summed E-state index contributed by atoms with van der Waals surface area (Å²) in [4.78, 5) is 3.93. The highest BCUT2D eigenvalue weighted by molar-refractivity contribution is 5.74. The van der Waals surface area contributed by atoms with Crippen molar-refractivity contribution >= 4 is 5.90 Å². The molecule has 1 rings (SSSR count). The number of nitrogens with zero attached hydrogens (tertiary/aromatic N) is 1. The van der Waals surface area contributed by atoms with E-state index in [1.54, 1.807) is 0 Å². The van der Waals surface area contributed by atoms with Crippen LogP contribution in [0.5, 0.6) is 0 Å². The monoisotopic (exact) mass is 298 g/mol. The lowest BCUT2D eigenvalue weighted by Crippen LogP contribution is -1.97. The van der Waals surface area contributed by atoms with E-state index in [0.29, 0.717) is 0 Å². The van der Waals surface area contributed by atoms with Gasteiger partial charge in [-0.3, -0.25) is 4.99 Å². The van der Waals surface area contributed by atoms with Gasteiger partial charge in [0.05, 0.1) is 6.54 Å². The van der Waals surface area contributed by atoms with Crippen LogP contribution in [0.3, 0.4) is 0 Å². The minimum atomic E-state index is 0.784. The minimum Gasteiger partial charge on any atom is -0.479 e. The van der Waals surface area contributed by atoms with Crippen LogP contribution < -0.4 is 5.73 Å². The average molecular weight is 299 g/mol. The van der Waals surface area contributed by atoms with Gasteiger partial charge in [-0.2, -0.15) is 0 Å². The molecular formula is C18H38N2O. The lowest BCUT2D eigenvalue weighted by Gasteiger charge is -2.01. The Labute approximate surface area is 132 Å². The number of hydrogen-bond acceptors (Lipinski definition) is 3. The first-order valence-electron chi connectivity index (χ1n) is 9.15. The summed E-state index contributed by atoms with van der Waals surface area (Å²) in [5.74, 6) is 0.829. The molecule has 0 aromatic carbocycles. The van der Waals surface area contributed by atoms with Crippen LogP contribution in [0.25, 0.3) is 0 Å². The Bertz CT molecular complexity index is 217. The van der Waals surface area contributed by atoms with Gasteiger partial charge in [0.1, 0.15) is 6.61 Å². The smallest absolute Gasteiger partial charge is 0.180 e. The fraction of sp³-hybridized carbons (Fsp3) is 0.944. The van der Waals surface area contributed by atoms with E-state index in [4.69, 9.17) is 10.5 Å². The number of ether oxygens (including phenoxy) is 1. The van der Waals surface area contributed by atoms with Crippen LogP contribution in [0.4, 0.5) is 0 Å². The quantitative estimate of drug-likeness (QED) is 0.511. The maximum absolute atomic E-state index is 5.45. The molecule has 0 aromatic rings. The lowest BCUT2D eigenvalue weighted by molar-refractivity contribution is 0.345. The van der Waals surface area contributed by atoms with Crippen LogP contribution >= 0.6 is 0 Å². The Balaban J connectivity index is 0.000000547. The second kappa shape index (κ2) is 17.5. The molecule has 1 aliphatic rings. The van der Waals surface area contributed by atoms with Crippen molar-refractivity contribution in [3.63, 3.8) is 0 Å². The molecule has 0 aromatic heterocycles. The van der Waals surface area contributed by atoms with E-state index < -0.39 is 0 Å². The van der Waals surface area contributed by atoms with Crippen LogP contribution in [0.15, 0.2) is 4.99 Å². The van der Waals surface area contributed by atoms with Gasteiger partial charge in [-0.15, -0.1) is 0 Å². The number of unbranched alkanes of at least 4 members (excludes halogenated alkanes) is 11. The molecule has 0 fully saturated rings. The first kappa shape index (κ1) is 20.4. The molecule has 0 unspecified atom stereocenters. The molecule has 0 amide bonds. The first-order valence-corrected chi connectivity index (χ1v) is 9.15. The van der Waals surface area contributed by atoms with Crippen LogP contribution in [-0.2, 0) is 4.74 Å². The highest BCUT2D eigenvalue weighted by Gasteiger charge is 1.96. The van der Waals surface area contributed by atoms with E-state index in [2.05, 4.69) is 11.9 Å². The molecule has 1 aliphatic heterocycles. The maximum Gasteiger partial charge on any atom is 0.180 e. The summed E-state index contributed by atoms with van der Waals surface area (Å²) in [5, 5.41) is 0. The topological polar surface area (TPSA) is 47.6 Å². The van der Waals surface area contributed by atoms with E-state index in [1.165, 1.54) is 77.0 Å². The third-order valence-corrected chi connectivity index (χ3v) is 3.79. The van der Waals surface area contributed by atoms with Crippen molar-refractivity contribution in [2.75, 3.05) is 19.7 Å². The van der Waals surface area contributed by atoms with Crippen LogP contribution in [0.2, 0.25) is 0 Å². The molecule has 0 saturated heterocycles. The summed E-state index contributed by atoms with van der Waals surface area (Å²) in [5.41, 5.74) is 5.45. The Morgan fingerprint density at radius 2 is 1.33 bits per heavy atom. The summed E-state index contributed by atoms with van der Waals surface area (Å²) in [7, 11) is 0. The molecule has 0 saturated carbocycles. The van der Waals surface area contributed by atoms with Gasteiger partial charge in [0.2, 0.25) is 0 Å². The lowest BCUT2D eigenvalue weighted by atomic mass is 10.1. The van der Waals surface area contributed by atoms with Crippen molar-refractivity contribution < 1.29 is 4.74 Å². The molecule has 21 heavy (non-hydrogen) atoms. The first-order chi connectivity index (χ1) is 10.3. The van der Waals surface area contributed by atoms with Crippen LogP contribution in [0, 0.1) is 0 Å². The van der Waals surface area contributed by atoms with Crippen molar-refractivity contribution in [1.82, 2.24) is 0 Å². The molecule has 3 heteroatoms. The molecule has 0 spiro atoms. The minimum absolute atomic E-state index is 0.784. The van der Waals surface area contributed by atoms with Crippen molar-refractivity contribution in [2.24, 2.45) is 10.7 Å². The predicted molar refractivity (Wildman–Crippen MR) is 94.1 cm³/mol. The van der Waals surface area contributed by atoms with Gasteiger partial charge in [0.25, 0.3) is 0 Å². The zero-order valence-corrected chi connectivity index (χ0v) is 14.5. The third-order valence-electron chi connectivity index (χ3n) is 3.79. The second-order valence-electron chi connectivity index (χ2n) is 5.93. The summed E-state index contributed by atoms with van der Waals surface area (Å²) in [6, 6.07) is 0. The van der Waals surface area contributed by atoms with Gasteiger partial charge in [-0.25, -0.2) is 0 Å². The van der Waals surface area contributed by atoms with E-state index in [9.17, 15) is 0 Å². The number of aliphatic imine (C=N–C) groups is 1. The van der Waals surface area contributed by atoms with E-state index in [1.807, 2.05) is 6.92 Å². The van der Waals surface area contributed by atoms with Crippen LogP contribution in [-0.4, -0.2) is 25.6 Å². The van der Waals surface area contributed by atoms with Gasteiger partial charge in [0, 0.05) is 6.92 Å². The molecular weight excluding hydrogens is 260 g/mol. The van der Waals surface area contributed by atoms with Gasteiger partial charge in [-0.05, 0) is 13.0 Å². The third kappa shape index (κ3) is 17.4. The Hall–Kier alpha value is -0.570. The predicted octanol–water partition coefficient (Wildman–Crippen LogP) is 5.08. The van der Waals surface area contributed by atoms with Crippen molar-refractivity contribution in [3.8, 4) is 0 Å². The zero-order chi connectivity index (χ0) is 15.6. The summed E-state index contributed by atoms with van der Waals surface area (Å²) >= 11 is 0. The second-order valence-corrected chi connectivity index (χ2v) is 5.93. The molecule has 0 bridgehead atoms. The van der Waals surface area contributed by atoms with Gasteiger partial charge < -0.3 is 10.5 Å². The summed E-state index contributed by atoms with van der Waals surface area (Å²) in [6.07, 6.45) is 16.9. The number of rotatable bonds is 12. The number of hydrogen-bond donors (Lipinski definition) is 1. The SMILES string of the molecule is CC1=NCCO1.CCCCCCCCCCCCCCN. The van der Waals surface area contributed by atoms with Crippen molar-refractivity contribution in [3.05, 3.63) is 0 Å². The fourth-order valence-electron chi connectivity index (χ4n) is 2.43. The van der Waals surface area contributed by atoms with Crippen molar-refractivity contribution in [1.29, 1.82) is 0 Å². The summed E-state index contributed by atoms with van der Waals surface area (Å²) in [6.45, 7) is 6.66. The summed E-state index contributed by atoms with van der Waals surface area (Å²) < 4.78 is 4.90. The number of nitrogens with two attached hydrogens (primary N) is 1. The highest BCUT2D eigenvalue weighted by atomic mass is 16.5. The van der Waals surface area contributed by atoms with Crippen molar-refractivity contribution in [2.45, 2.75) is 90.9 Å². The molecule has 126 valence electrons. The highest BCUT2D eigenvalue weighted by Crippen LogP contribution is 2.11. The Morgan fingerprint density at radius 1 is 0.857 bits per heavy atom. The van der Waals surface area contributed by atoms with E-state index in [0.717, 1.165) is 25.6 Å². The molecule has 3 nitrogen and oxygen atoms in total. The van der Waals surface area contributed by atoms with Gasteiger partial charge in [0.15, 0.2) is 5.90 Å².